The molecule has 3 aromatic carbocycles. The maximum atomic E-state index is 13.0. The fraction of sp³-hybridized carbons (Fsp3) is 0.120. The highest BCUT2D eigenvalue weighted by atomic mass is 32.1. The molecule has 1 heterocycles. The van der Waals surface area contributed by atoms with Gasteiger partial charge in [-0.3, -0.25) is 9.59 Å². The van der Waals surface area contributed by atoms with Crippen molar-refractivity contribution in [3.8, 4) is 5.75 Å². The molecular formula is C25H21N3O3S. The summed E-state index contributed by atoms with van der Waals surface area (Å²) in [6, 6.07) is 16.4. The number of phenolic OH excluding ortho intramolecular Hbond substituents is 1. The van der Waals surface area contributed by atoms with Gasteiger partial charge in [-0.1, -0.05) is 36.4 Å². The number of phenols is 1. The van der Waals surface area contributed by atoms with E-state index in [9.17, 15) is 14.7 Å². The van der Waals surface area contributed by atoms with E-state index in [0.717, 1.165) is 27.7 Å². The normalized spacial score (nSPS) is 11.2. The number of nitrogens with one attached hydrogen (secondary N) is 1. The average molecular weight is 444 g/mol. The highest BCUT2D eigenvalue weighted by Crippen LogP contribution is 2.41. The van der Waals surface area contributed by atoms with E-state index in [4.69, 9.17) is 0 Å². The maximum absolute atomic E-state index is 13.0. The molecule has 0 bridgehead atoms. The molecule has 0 aliphatic rings. The monoisotopic (exact) mass is 443 g/mol. The number of benzene rings is 3. The van der Waals surface area contributed by atoms with Crippen LogP contribution in [0.3, 0.4) is 0 Å². The van der Waals surface area contributed by atoms with Crippen molar-refractivity contribution < 1.29 is 14.7 Å². The summed E-state index contributed by atoms with van der Waals surface area (Å²) >= 11 is 1.36. The second kappa shape index (κ2) is 8.72. The predicted octanol–water partition coefficient (Wildman–Crippen LogP) is 7.01. The highest BCUT2D eigenvalue weighted by molar-refractivity contribution is 7.16. The third-order valence-electron chi connectivity index (χ3n) is 5.29. The van der Waals surface area contributed by atoms with Crippen molar-refractivity contribution in [3.05, 3.63) is 81.7 Å². The van der Waals surface area contributed by atoms with E-state index in [2.05, 4.69) is 15.5 Å². The van der Waals surface area contributed by atoms with Gasteiger partial charge in [0.1, 0.15) is 10.7 Å². The zero-order valence-electron chi connectivity index (χ0n) is 17.8. The number of carbonyl (C=O) groups is 2. The third kappa shape index (κ3) is 4.02. The number of hydrogen-bond acceptors (Lipinski definition) is 6. The molecule has 32 heavy (non-hydrogen) atoms. The summed E-state index contributed by atoms with van der Waals surface area (Å²) in [7, 11) is 0. The second-order valence-electron chi connectivity index (χ2n) is 7.49. The van der Waals surface area contributed by atoms with Gasteiger partial charge in [0.2, 0.25) is 0 Å². The van der Waals surface area contributed by atoms with E-state index >= 15 is 0 Å². The van der Waals surface area contributed by atoms with Gasteiger partial charge in [0.15, 0.2) is 12.0 Å². The summed E-state index contributed by atoms with van der Waals surface area (Å²) in [5.41, 5.74) is 3.25. The van der Waals surface area contributed by atoms with Gasteiger partial charge in [0, 0.05) is 16.0 Å². The van der Waals surface area contributed by atoms with E-state index in [0.29, 0.717) is 21.6 Å². The summed E-state index contributed by atoms with van der Waals surface area (Å²) in [5, 5.41) is 24.2. The zero-order chi connectivity index (χ0) is 22.8. The minimum absolute atomic E-state index is 0.0910. The number of azo groups is 1. The second-order valence-corrected chi connectivity index (χ2v) is 8.69. The Morgan fingerprint density at radius 1 is 1.03 bits per heavy atom. The van der Waals surface area contributed by atoms with Crippen molar-refractivity contribution >= 4 is 50.7 Å². The number of aldehydes is 1. The van der Waals surface area contributed by atoms with E-state index in [-0.39, 0.29) is 17.0 Å². The molecule has 0 aliphatic heterocycles. The fourth-order valence-electron chi connectivity index (χ4n) is 3.45. The minimum Gasteiger partial charge on any atom is -0.505 e. The molecule has 0 spiro atoms. The number of thiophene rings is 1. The molecule has 1 aromatic heterocycles. The molecule has 0 aliphatic carbocycles. The first-order chi connectivity index (χ1) is 15.4. The van der Waals surface area contributed by atoms with Crippen LogP contribution < -0.4 is 5.32 Å². The van der Waals surface area contributed by atoms with Crippen LogP contribution in [0.4, 0.5) is 16.4 Å². The lowest BCUT2D eigenvalue weighted by Crippen LogP contribution is -2.12. The number of rotatable bonds is 5. The van der Waals surface area contributed by atoms with Crippen molar-refractivity contribution in [3.63, 3.8) is 0 Å². The lowest BCUT2D eigenvalue weighted by Gasteiger charge is -2.11. The summed E-state index contributed by atoms with van der Waals surface area (Å²) in [6.45, 7) is 5.70. The number of aromatic hydroxyl groups is 1. The van der Waals surface area contributed by atoms with Gasteiger partial charge >= 0.3 is 0 Å². The molecule has 0 radical (unpaired) electrons. The van der Waals surface area contributed by atoms with Crippen LogP contribution in [0.1, 0.15) is 36.7 Å². The van der Waals surface area contributed by atoms with Crippen molar-refractivity contribution in [1.29, 1.82) is 0 Å². The zero-order valence-corrected chi connectivity index (χ0v) is 18.7. The van der Waals surface area contributed by atoms with Crippen LogP contribution in [0.2, 0.25) is 0 Å². The smallest absolute Gasteiger partial charge is 0.259 e. The van der Waals surface area contributed by atoms with Crippen LogP contribution >= 0.6 is 11.3 Å². The quantitative estimate of drug-likeness (QED) is 0.257. The minimum atomic E-state index is -0.452. The van der Waals surface area contributed by atoms with Crippen molar-refractivity contribution in [2.24, 2.45) is 10.2 Å². The number of hydrogen-bond donors (Lipinski definition) is 2. The lowest BCUT2D eigenvalue weighted by molar-refractivity contribution is 0.102. The van der Waals surface area contributed by atoms with Gasteiger partial charge in [-0.25, -0.2) is 0 Å². The number of carbonyl (C=O) groups excluding carboxylic acids is 2. The van der Waals surface area contributed by atoms with Crippen LogP contribution in [0, 0.1) is 20.8 Å². The fourth-order valence-corrected chi connectivity index (χ4v) is 4.39. The van der Waals surface area contributed by atoms with Gasteiger partial charge in [-0.2, -0.15) is 0 Å². The Hall–Kier alpha value is -3.84. The number of amides is 1. The topological polar surface area (TPSA) is 91.1 Å². The molecule has 4 rings (SSSR count). The standard InChI is InChI=1S/C25H21N3O3S/c1-14-7-6-9-18(11-14)26-24(31)20-12-17-8-4-5-10-19(17)22(23(20)30)27-28-25-21(13-29)15(2)16(3)32-25/h4-13,30H,1-3H3,(H,26,31)/b28-27+. The number of anilines is 1. The molecule has 0 saturated heterocycles. The van der Waals surface area contributed by atoms with E-state index in [1.807, 2.05) is 57.2 Å². The highest BCUT2D eigenvalue weighted by Gasteiger charge is 2.19. The largest absolute Gasteiger partial charge is 0.505 e. The number of nitrogens with zero attached hydrogens (tertiary/aromatic N) is 2. The first-order valence-electron chi connectivity index (χ1n) is 9.98. The average Bonchev–Trinajstić information content (AvgIpc) is 3.05. The lowest BCUT2D eigenvalue weighted by atomic mass is 10.0. The van der Waals surface area contributed by atoms with Gasteiger partial charge in [0.25, 0.3) is 5.91 Å². The Labute approximate surface area is 189 Å². The predicted molar refractivity (Wildman–Crippen MR) is 128 cm³/mol. The molecule has 0 unspecified atom stereocenters. The first kappa shape index (κ1) is 21.4. The van der Waals surface area contributed by atoms with Crippen molar-refractivity contribution in [1.82, 2.24) is 0 Å². The summed E-state index contributed by atoms with van der Waals surface area (Å²) < 4.78 is 0. The number of fused-ring (bicyclic) bond motifs is 1. The van der Waals surface area contributed by atoms with Crippen LogP contribution in [0.15, 0.2) is 64.8 Å². The van der Waals surface area contributed by atoms with Gasteiger partial charge in [-0.15, -0.1) is 21.6 Å². The van der Waals surface area contributed by atoms with E-state index < -0.39 is 5.91 Å². The SMILES string of the molecule is Cc1cccc(NC(=O)c2cc3ccccc3c(/N=N/c3sc(C)c(C)c3C=O)c2O)c1. The van der Waals surface area contributed by atoms with Gasteiger partial charge < -0.3 is 10.4 Å². The molecule has 160 valence electrons. The molecule has 0 saturated carbocycles. The molecule has 7 heteroatoms. The molecule has 0 fully saturated rings. The number of aryl methyl sites for hydroxylation is 2. The molecule has 1 amide bonds. The maximum Gasteiger partial charge on any atom is 0.259 e. The van der Waals surface area contributed by atoms with Crippen LogP contribution in [-0.4, -0.2) is 17.3 Å². The first-order valence-corrected chi connectivity index (χ1v) is 10.8. The van der Waals surface area contributed by atoms with Crippen LogP contribution in [0.5, 0.6) is 5.75 Å². The molecule has 2 N–H and O–H groups in total. The van der Waals surface area contributed by atoms with Gasteiger partial charge in [-0.05, 0) is 55.5 Å². The summed E-state index contributed by atoms with van der Waals surface area (Å²) in [4.78, 5) is 25.4. The van der Waals surface area contributed by atoms with Crippen LogP contribution in [-0.2, 0) is 0 Å². The van der Waals surface area contributed by atoms with E-state index in [1.54, 1.807) is 18.2 Å². The molecule has 0 atom stereocenters. The third-order valence-corrected chi connectivity index (χ3v) is 6.39. The summed E-state index contributed by atoms with van der Waals surface area (Å²) in [5.74, 6) is -0.720. The van der Waals surface area contributed by atoms with Crippen molar-refractivity contribution in [2.45, 2.75) is 20.8 Å². The Morgan fingerprint density at radius 2 is 1.81 bits per heavy atom. The Bertz CT molecular complexity index is 1390. The van der Waals surface area contributed by atoms with E-state index in [1.165, 1.54) is 11.3 Å². The summed E-state index contributed by atoms with van der Waals surface area (Å²) in [6.07, 6.45) is 0.761. The Morgan fingerprint density at radius 3 is 2.56 bits per heavy atom. The van der Waals surface area contributed by atoms with Crippen LogP contribution in [0.25, 0.3) is 10.8 Å². The Balaban J connectivity index is 1.80. The molecule has 6 nitrogen and oxygen atoms in total. The van der Waals surface area contributed by atoms with Crippen molar-refractivity contribution in [2.75, 3.05) is 5.32 Å². The van der Waals surface area contributed by atoms with Gasteiger partial charge in [0.05, 0.1) is 11.1 Å². The Kier molecular flexibility index (Phi) is 5.83. The molecular weight excluding hydrogens is 422 g/mol. The molecule has 4 aromatic rings.